The maximum Gasteiger partial charge on any atom is 0.280 e. The molecule has 0 N–H and O–H groups in total. The lowest BCUT2D eigenvalue weighted by atomic mass is 10.1. The Morgan fingerprint density at radius 1 is 1.25 bits per heavy atom. The van der Waals surface area contributed by atoms with Gasteiger partial charge in [-0.2, -0.15) is 0 Å². The first-order valence-corrected chi connectivity index (χ1v) is 8.74. The molecule has 2 rings (SSSR count). The third-order valence-corrected chi connectivity index (χ3v) is 4.21. The minimum atomic E-state index is -3.78. The van der Waals surface area contributed by atoms with E-state index in [-0.39, 0.29) is 10.9 Å². The van der Waals surface area contributed by atoms with Gasteiger partial charge in [0, 0.05) is 29.3 Å². The van der Waals surface area contributed by atoms with Crippen molar-refractivity contribution >= 4 is 19.7 Å². The summed E-state index contributed by atoms with van der Waals surface area (Å²) in [5.41, 5.74) is 1.20. The van der Waals surface area contributed by atoms with Gasteiger partial charge in [0.05, 0.1) is 0 Å². The molecule has 1 aromatic carbocycles. The van der Waals surface area contributed by atoms with Crippen LogP contribution in [0, 0.1) is 0 Å². The molecule has 4 nitrogen and oxygen atoms in total. The molecule has 1 aromatic heterocycles. The van der Waals surface area contributed by atoms with Gasteiger partial charge in [-0.3, -0.25) is 0 Å². The van der Waals surface area contributed by atoms with Gasteiger partial charge >= 0.3 is 0 Å². The van der Waals surface area contributed by atoms with Crippen LogP contribution in [-0.2, 0) is 22.0 Å². The lowest BCUT2D eigenvalue weighted by molar-refractivity contribution is 0.606. The Hall–Kier alpha value is -1.33. The summed E-state index contributed by atoms with van der Waals surface area (Å²) in [6, 6.07) is 10.0. The van der Waals surface area contributed by atoms with Gasteiger partial charge in [-0.15, -0.1) is 0 Å². The van der Waals surface area contributed by atoms with Crippen LogP contribution in [0.4, 0.5) is 0 Å². The fourth-order valence-corrected chi connectivity index (χ4v) is 2.74. The number of halogens is 1. The minimum absolute atomic E-state index is 0.0732. The highest BCUT2D eigenvalue weighted by molar-refractivity contribution is 8.13. The van der Waals surface area contributed by atoms with Gasteiger partial charge in [-0.25, -0.2) is 13.4 Å². The first-order valence-electron chi connectivity index (χ1n) is 6.43. The van der Waals surface area contributed by atoms with Crippen molar-refractivity contribution in [3.8, 4) is 0 Å². The van der Waals surface area contributed by atoms with E-state index in [0.29, 0.717) is 6.54 Å². The Bertz CT molecular complexity index is 678. The Balaban J connectivity index is 2.24. The van der Waals surface area contributed by atoms with Crippen molar-refractivity contribution in [3.05, 3.63) is 47.9 Å². The normalized spacial score (nSPS) is 12.0. The number of aromatic nitrogens is 2. The molecule has 0 aliphatic heterocycles. The SMILES string of the molecule is CC(C)c1nc(S(=O)(=O)Cl)cn1CCc1ccccc1. The molecule has 108 valence electrons. The number of benzene rings is 1. The predicted molar refractivity (Wildman–Crippen MR) is 79.5 cm³/mol. The Labute approximate surface area is 123 Å². The molecule has 0 saturated carbocycles. The van der Waals surface area contributed by atoms with Gasteiger partial charge in [-0.1, -0.05) is 44.2 Å². The van der Waals surface area contributed by atoms with Crippen molar-refractivity contribution in [2.45, 2.75) is 37.8 Å². The summed E-state index contributed by atoms with van der Waals surface area (Å²) in [6.07, 6.45) is 2.33. The van der Waals surface area contributed by atoms with E-state index < -0.39 is 9.05 Å². The number of nitrogens with zero attached hydrogens (tertiary/aromatic N) is 2. The smallest absolute Gasteiger partial charge is 0.280 e. The highest BCUT2D eigenvalue weighted by Gasteiger charge is 2.19. The van der Waals surface area contributed by atoms with Gasteiger partial charge in [0.1, 0.15) is 5.82 Å². The van der Waals surface area contributed by atoms with Gasteiger partial charge in [0.25, 0.3) is 9.05 Å². The number of rotatable bonds is 5. The molecule has 6 heteroatoms. The summed E-state index contributed by atoms with van der Waals surface area (Å²) < 4.78 is 24.6. The Morgan fingerprint density at radius 2 is 1.90 bits per heavy atom. The summed E-state index contributed by atoms with van der Waals surface area (Å²) in [5.74, 6) is 0.873. The van der Waals surface area contributed by atoms with E-state index in [0.717, 1.165) is 12.2 Å². The van der Waals surface area contributed by atoms with E-state index in [1.165, 1.54) is 11.8 Å². The van der Waals surface area contributed by atoms with E-state index in [9.17, 15) is 8.42 Å². The highest BCUT2D eigenvalue weighted by Crippen LogP contribution is 2.20. The van der Waals surface area contributed by atoms with E-state index in [2.05, 4.69) is 4.98 Å². The molecule has 0 aliphatic rings. The van der Waals surface area contributed by atoms with Gasteiger partial charge < -0.3 is 4.57 Å². The van der Waals surface area contributed by atoms with Crippen LogP contribution in [0.15, 0.2) is 41.6 Å². The molecule has 0 radical (unpaired) electrons. The standard InChI is InChI=1S/C14H17ClN2O2S/c1-11(2)14-16-13(20(15,18)19)10-17(14)9-8-12-6-4-3-5-7-12/h3-7,10-11H,8-9H2,1-2H3. The summed E-state index contributed by atoms with van der Waals surface area (Å²) in [4.78, 5) is 4.14. The molecular formula is C14H17ClN2O2S. The minimum Gasteiger partial charge on any atom is -0.333 e. The van der Waals surface area contributed by atoms with Gasteiger partial charge in [0.2, 0.25) is 0 Å². The molecule has 0 bridgehead atoms. The maximum absolute atomic E-state index is 11.4. The zero-order chi connectivity index (χ0) is 14.8. The van der Waals surface area contributed by atoms with Crippen molar-refractivity contribution in [2.24, 2.45) is 0 Å². The van der Waals surface area contributed by atoms with Crippen molar-refractivity contribution in [3.63, 3.8) is 0 Å². The van der Waals surface area contributed by atoms with E-state index in [4.69, 9.17) is 10.7 Å². The molecule has 0 atom stereocenters. The topological polar surface area (TPSA) is 52.0 Å². The first-order chi connectivity index (χ1) is 9.38. The van der Waals surface area contributed by atoms with Gasteiger partial charge in [0.15, 0.2) is 5.03 Å². The molecule has 20 heavy (non-hydrogen) atoms. The molecule has 0 spiro atoms. The van der Waals surface area contributed by atoms with E-state index in [1.807, 2.05) is 48.7 Å². The maximum atomic E-state index is 11.4. The van der Waals surface area contributed by atoms with Crippen LogP contribution < -0.4 is 0 Å². The summed E-state index contributed by atoms with van der Waals surface area (Å²) in [6.45, 7) is 4.63. The Morgan fingerprint density at radius 3 is 2.45 bits per heavy atom. The fraction of sp³-hybridized carbons (Fsp3) is 0.357. The van der Waals surface area contributed by atoms with Crippen LogP contribution >= 0.6 is 10.7 Å². The highest BCUT2D eigenvalue weighted by atomic mass is 35.7. The zero-order valence-electron chi connectivity index (χ0n) is 11.5. The summed E-state index contributed by atoms with van der Waals surface area (Å²) >= 11 is 0. The quantitative estimate of drug-likeness (QED) is 0.797. The number of hydrogen-bond donors (Lipinski definition) is 0. The molecule has 0 fully saturated rings. The third kappa shape index (κ3) is 3.61. The van der Waals surface area contributed by atoms with E-state index >= 15 is 0 Å². The van der Waals surface area contributed by atoms with Gasteiger partial charge in [-0.05, 0) is 12.0 Å². The zero-order valence-corrected chi connectivity index (χ0v) is 13.0. The molecule has 0 unspecified atom stereocenters. The second kappa shape index (κ2) is 5.97. The van der Waals surface area contributed by atoms with Crippen LogP contribution in [0.3, 0.4) is 0 Å². The summed E-state index contributed by atoms with van der Waals surface area (Å²) in [7, 11) is 1.58. The molecule has 1 heterocycles. The van der Waals surface area contributed by atoms with Crippen LogP contribution in [0.25, 0.3) is 0 Å². The van der Waals surface area contributed by atoms with Crippen molar-refractivity contribution in [1.82, 2.24) is 9.55 Å². The van der Waals surface area contributed by atoms with Crippen LogP contribution in [0.5, 0.6) is 0 Å². The Kier molecular flexibility index (Phi) is 4.50. The number of hydrogen-bond acceptors (Lipinski definition) is 3. The second-order valence-electron chi connectivity index (χ2n) is 4.96. The lowest BCUT2D eigenvalue weighted by Crippen LogP contribution is -2.06. The van der Waals surface area contributed by atoms with Crippen LogP contribution in [-0.4, -0.2) is 18.0 Å². The lowest BCUT2D eigenvalue weighted by Gasteiger charge is -2.09. The molecule has 0 amide bonds. The number of aryl methyl sites for hydroxylation is 2. The molecule has 0 saturated heterocycles. The monoisotopic (exact) mass is 312 g/mol. The average molecular weight is 313 g/mol. The van der Waals surface area contributed by atoms with Crippen LogP contribution in [0.1, 0.15) is 31.2 Å². The second-order valence-corrected chi connectivity index (χ2v) is 7.47. The fourth-order valence-electron chi connectivity index (χ4n) is 2.06. The molecular weight excluding hydrogens is 296 g/mol. The number of imidazole rings is 1. The molecule has 0 aliphatic carbocycles. The van der Waals surface area contributed by atoms with Crippen molar-refractivity contribution < 1.29 is 8.42 Å². The van der Waals surface area contributed by atoms with Crippen LogP contribution in [0.2, 0.25) is 0 Å². The van der Waals surface area contributed by atoms with E-state index in [1.54, 1.807) is 0 Å². The largest absolute Gasteiger partial charge is 0.333 e. The predicted octanol–water partition coefficient (Wildman–Crippen LogP) is 3.18. The molecule has 2 aromatic rings. The average Bonchev–Trinajstić information content (AvgIpc) is 2.82. The summed E-state index contributed by atoms with van der Waals surface area (Å²) in [5, 5.41) is -0.0732. The third-order valence-electron chi connectivity index (χ3n) is 3.04. The van der Waals surface area contributed by atoms with Crippen molar-refractivity contribution in [2.75, 3.05) is 0 Å². The van der Waals surface area contributed by atoms with Crippen molar-refractivity contribution in [1.29, 1.82) is 0 Å². The first kappa shape index (κ1) is 15.1.